The van der Waals surface area contributed by atoms with Crippen LogP contribution >= 0.6 is 0 Å². The van der Waals surface area contributed by atoms with Crippen molar-refractivity contribution in [3.05, 3.63) is 35.1 Å². The highest BCUT2D eigenvalue weighted by Gasteiger charge is 2.41. The molecule has 0 aromatic heterocycles. The summed E-state index contributed by atoms with van der Waals surface area (Å²) in [4.78, 5) is 1.70. The maximum absolute atomic E-state index is 13.2. The molecule has 0 aliphatic carbocycles. The minimum Gasteiger partial charge on any atom is -0.298 e. The molecule has 0 saturated carbocycles. The molecular weight excluding hydrogens is 272 g/mol. The fraction of sp³-hybridized carbons (Fsp3) is 0.500. The Bertz CT molecular complexity index is 519. The topological polar surface area (TPSA) is 27.0 Å². The maximum Gasteiger partial charge on any atom is 0.393 e. The highest BCUT2D eigenvalue weighted by Crippen LogP contribution is 2.33. The molecule has 2 nitrogen and oxygen atoms in total. The Labute approximate surface area is 114 Å². The first-order chi connectivity index (χ1) is 9.40. The fourth-order valence-corrected chi connectivity index (χ4v) is 2.48. The van der Waals surface area contributed by atoms with Crippen molar-refractivity contribution in [2.24, 2.45) is 5.92 Å². The minimum absolute atomic E-state index is 0.0389. The summed E-state index contributed by atoms with van der Waals surface area (Å²) >= 11 is 0. The van der Waals surface area contributed by atoms with Gasteiger partial charge in [0, 0.05) is 13.1 Å². The van der Waals surface area contributed by atoms with E-state index in [1.807, 2.05) is 0 Å². The van der Waals surface area contributed by atoms with E-state index in [0.717, 1.165) is 0 Å². The van der Waals surface area contributed by atoms with E-state index >= 15 is 0 Å². The molecule has 1 aliphatic heterocycles. The van der Waals surface area contributed by atoms with Gasteiger partial charge in [-0.1, -0.05) is 6.07 Å². The molecule has 1 heterocycles. The van der Waals surface area contributed by atoms with Crippen LogP contribution in [0.3, 0.4) is 0 Å². The largest absolute Gasteiger partial charge is 0.393 e. The lowest BCUT2D eigenvalue weighted by molar-refractivity contribution is -0.187. The van der Waals surface area contributed by atoms with Gasteiger partial charge in [-0.2, -0.15) is 18.4 Å². The van der Waals surface area contributed by atoms with Gasteiger partial charge in [-0.15, -0.1) is 0 Å². The van der Waals surface area contributed by atoms with E-state index in [4.69, 9.17) is 5.26 Å². The van der Waals surface area contributed by atoms with Gasteiger partial charge in [-0.25, -0.2) is 4.39 Å². The van der Waals surface area contributed by atoms with Crippen LogP contribution in [0.25, 0.3) is 0 Å². The number of nitrogens with zero attached hydrogens (tertiary/aromatic N) is 2. The monoisotopic (exact) mass is 286 g/mol. The Kier molecular flexibility index (Phi) is 4.29. The molecule has 0 N–H and O–H groups in total. The van der Waals surface area contributed by atoms with Crippen molar-refractivity contribution < 1.29 is 17.6 Å². The SMILES string of the molecule is N#Cc1cc(CN2CCCC(C(F)(F)F)C2)ccc1F. The zero-order valence-electron chi connectivity index (χ0n) is 10.8. The van der Waals surface area contributed by atoms with Crippen LogP contribution in [0.15, 0.2) is 18.2 Å². The van der Waals surface area contributed by atoms with Gasteiger partial charge in [-0.3, -0.25) is 4.90 Å². The Morgan fingerprint density at radius 1 is 1.35 bits per heavy atom. The predicted octanol–water partition coefficient (Wildman–Crippen LogP) is 3.47. The number of halogens is 4. The molecule has 0 radical (unpaired) electrons. The second-order valence-corrected chi connectivity index (χ2v) is 5.04. The number of benzene rings is 1. The second kappa shape index (κ2) is 5.80. The van der Waals surface area contributed by atoms with E-state index in [1.54, 1.807) is 11.0 Å². The van der Waals surface area contributed by atoms with E-state index in [0.29, 0.717) is 25.1 Å². The van der Waals surface area contributed by atoms with Crippen LogP contribution in [-0.4, -0.2) is 24.2 Å². The van der Waals surface area contributed by atoms with Gasteiger partial charge in [0.2, 0.25) is 0 Å². The van der Waals surface area contributed by atoms with Crippen molar-refractivity contribution in [3.8, 4) is 6.07 Å². The Morgan fingerprint density at radius 2 is 2.10 bits per heavy atom. The zero-order chi connectivity index (χ0) is 14.8. The lowest BCUT2D eigenvalue weighted by Crippen LogP contribution is -2.41. The molecule has 20 heavy (non-hydrogen) atoms. The van der Waals surface area contributed by atoms with Gasteiger partial charge in [0.15, 0.2) is 0 Å². The van der Waals surface area contributed by atoms with E-state index < -0.39 is 17.9 Å². The van der Waals surface area contributed by atoms with E-state index in [1.165, 1.54) is 18.2 Å². The first kappa shape index (κ1) is 14.8. The number of rotatable bonds is 2. The summed E-state index contributed by atoms with van der Waals surface area (Å²) in [7, 11) is 0. The van der Waals surface area contributed by atoms with Crippen molar-refractivity contribution in [2.75, 3.05) is 13.1 Å². The predicted molar refractivity (Wildman–Crippen MR) is 65.2 cm³/mol. The molecule has 1 unspecified atom stereocenters. The van der Waals surface area contributed by atoms with E-state index in [2.05, 4.69) is 0 Å². The van der Waals surface area contributed by atoms with Crippen LogP contribution in [-0.2, 0) is 6.54 Å². The summed E-state index contributed by atoms with van der Waals surface area (Å²) in [6.45, 7) is 0.857. The summed E-state index contributed by atoms with van der Waals surface area (Å²) in [5, 5.41) is 8.75. The Balaban J connectivity index is 2.05. The van der Waals surface area contributed by atoms with Gasteiger partial charge in [-0.05, 0) is 37.1 Å². The molecule has 1 aromatic rings. The standard InChI is InChI=1S/C14H14F4N2/c15-13-4-3-10(6-11(13)7-19)8-20-5-1-2-12(9-20)14(16,17)18/h3-4,6,12H,1-2,5,8-9H2. The highest BCUT2D eigenvalue weighted by molar-refractivity contribution is 5.34. The molecule has 1 aliphatic rings. The average Bonchev–Trinajstić information content (AvgIpc) is 2.40. The third kappa shape index (κ3) is 3.48. The lowest BCUT2D eigenvalue weighted by atomic mass is 9.97. The first-order valence-corrected chi connectivity index (χ1v) is 6.37. The Hall–Kier alpha value is -1.61. The summed E-state index contributed by atoms with van der Waals surface area (Å²) in [5.41, 5.74) is 0.581. The fourth-order valence-electron chi connectivity index (χ4n) is 2.48. The van der Waals surface area contributed by atoms with Gasteiger partial charge >= 0.3 is 6.18 Å². The van der Waals surface area contributed by atoms with Gasteiger partial charge in [0.05, 0.1) is 11.5 Å². The molecule has 2 rings (SSSR count). The van der Waals surface area contributed by atoms with Crippen LogP contribution in [0.2, 0.25) is 0 Å². The molecule has 0 bridgehead atoms. The number of nitriles is 1. The van der Waals surface area contributed by atoms with Gasteiger partial charge < -0.3 is 0 Å². The average molecular weight is 286 g/mol. The van der Waals surface area contributed by atoms with Crippen molar-refractivity contribution in [1.82, 2.24) is 4.90 Å². The summed E-state index contributed by atoms with van der Waals surface area (Å²) < 4.78 is 51.3. The summed E-state index contributed by atoms with van der Waals surface area (Å²) in [6, 6.07) is 5.81. The van der Waals surface area contributed by atoms with Gasteiger partial charge in [0.25, 0.3) is 0 Å². The number of hydrogen-bond acceptors (Lipinski definition) is 2. The molecule has 108 valence electrons. The van der Waals surface area contributed by atoms with Crippen LogP contribution < -0.4 is 0 Å². The molecule has 0 amide bonds. The highest BCUT2D eigenvalue weighted by atomic mass is 19.4. The third-order valence-electron chi connectivity index (χ3n) is 3.53. The number of likely N-dealkylation sites (tertiary alicyclic amines) is 1. The zero-order valence-corrected chi connectivity index (χ0v) is 10.8. The second-order valence-electron chi connectivity index (χ2n) is 5.04. The molecule has 1 atom stereocenters. The number of piperidine rings is 1. The van der Waals surface area contributed by atoms with Crippen molar-refractivity contribution in [3.63, 3.8) is 0 Å². The van der Waals surface area contributed by atoms with Crippen LogP contribution in [0.1, 0.15) is 24.0 Å². The van der Waals surface area contributed by atoms with E-state index in [-0.39, 0.29) is 18.5 Å². The number of alkyl halides is 3. The molecule has 1 saturated heterocycles. The van der Waals surface area contributed by atoms with Crippen LogP contribution in [0.5, 0.6) is 0 Å². The molecule has 0 spiro atoms. The summed E-state index contributed by atoms with van der Waals surface area (Å²) in [6.07, 6.45) is -3.51. The normalized spacial score (nSPS) is 20.6. The number of hydrogen-bond donors (Lipinski definition) is 0. The van der Waals surface area contributed by atoms with Crippen LogP contribution in [0.4, 0.5) is 17.6 Å². The third-order valence-corrected chi connectivity index (χ3v) is 3.53. The molecule has 1 fully saturated rings. The van der Waals surface area contributed by atoms with Crippen molar-refractivity contribution >= 4 is 0 Å². The van der Waals surface area contributed by atoms with Gasteiger partial charge in [0.1, 0.15) is 11.9 Å². The van der Waals surface area contributed by atoms with E-state index in [9.17, 15) is 17.6 Å². The molecule has 1 aromatic carbocycles. The van der Waals surface area contributed by atoms with Crippen LogP contribution in [0, 0.1) is 23.1 Å². The smallest absolute Gasteiger partial charge is 0.298 e. The maximum atomic E-state index is 13.2. The first-order valence-electron chi connectivity index (χ1n) is 6.37. The quantitative estimate of drug-likeness (QED) is 0.778. The Morgan fingerprint density at radius 3 is 2.75 bits per heavy atom. The lowest BCUT2D eigenvalue weighted by Gasteiger charge is -2.33. The van der Waals surface area contributed by atoms with Crippen molar-refractivity contribution in [1.29, 1.82) is 5.26 Å². The molecular formula is C14H14F4N2. The molecule has 6 heteroatoms. The minimum atomic E-state index is -4.17. The van der Waals surface area contributed by atoms with Crippen molar-refractivity contribution in [2.45, 2.75) is 25.6 Å². The summed E-state index contributed by atoms with van der Waals surface area (Å²) in [5.74, 6) is -1.91.